The van der Waals surface area contributed by atoms with Crippen LogP contribution in [0, 0.1) is 0 Å². The van der Waals surface area contributed by atoms with E-state index < -0.39 is 29.1 Å². The zero-order valence-electron chi connectivity index (χ0n) is 27.0. The molecule has 7 nitrogen and oxygen atoms in total. The molecular formula is C33H43F6N4O3-. The molecule has 0 aliphatic carbocycles. The molecule has 0 radical (unpaired) electrons. The van der Waals surface area contributed by atoms with E-state index in [0.717, 1.165) is 17.4 Å². The van der Waals surface area contributed by atoms with E-state index in [1.54, 1.807) is 11.8 Å². The average molecular weight is 658 g/mol. The molecule has 2 saturated heterocycles. The van der Waals surface area contributed by atoms with Gasteiger partial charge in [-0.15, -0.1) is 0 Å². The van der Waals surface area contributed by atoms with E-state index in [-0.39, 0.29) is 42.6 Å². The van der Waals surface area contributed by atoms with Gasteiger partial charge in [0.25, 0.3) is 5.60 Å². The first kappa shape index (κ1) is 35.8. The summed E-state index contributed by atoms with van der Waals surface area (Å²) in [5.41, 5.74) is -5.02. The third kappa shape index (κ3) is 7.11. The minimum atomic E-state index is -5.96. The lowest BCUT2D eigenvalue weighted by molar-refractivity contribution is -0.376. The number of hydrogen-bond donors (Lipinski definition) is 1. The van der Waals surface area contributed by atoms with Gasteiger partial charge in [0, 0.05) is 36.4 Å². The Balaban J connectivity index is 1.47. The molecule has 2 aromatic rings. The van der Waals surface area contributed by atoms with Gasteiger partial charge in [-0.3, -0.25) is 4.79 Å². The molecule has 13 heteroatoms. The number of ether oxygens (including phenoxy) is 1. The maximum atomic E-state index is 13.6. The topological polar surface area (TPSA) is 70.4 Å². The molecule has 1 amide bonds. The van der Waals surface area contributed by atoms with Crippen molar-refractivity contribution in [1.29, 1.82) is 0 Å². The molecule has 4 rings (SSSR count). The number of aliphatic hydroxyl groups is 1. The van der Waals surface area contributed by atoms with Gasteiger partial charge in [0.05, 0.1) is 12.6 Å². The van der Waals surface area contributed by atoms with Crippen LogP contribution in [0.3, 0.4) is 0 Å². The molecule has 0 bridgehead atoms. The van der Waals surface area contributed by atoms with Crippen molar-refractivity contribution in [3.05, 3.63) is 64.5 Å². The molecule has 0 aromatic heterocycles. The predicted molar refractivity (Wildman–Crippen MR) is 164 cm³/mol. The fourth-order valence-electron chi connectivity index (χ4n) is 6.40. The van der Waals surface area contributed by atoms with Crippen LogP contribution in [0.25, 0.3) is 5.32 Å². The number of halogens is 6. The van der Waals surface area contributed by atoms with Crippen molar-refractivity contribution in [2.24, 2.45) is 0 Å². The number of alkyl halides is 6. The highest BCUT2D eigenvalue weighted by molar-refractivity contribution is 5.79. The smallest absolute Gasteiger partial charge is 0.430 e. The second-order valence-corrected chi connectivity index (χ2v) is 13.0. The Morgan fingerprint density at radius 3 is 2.33 bits per heavy atom. The van der Waals surface area contributed by atoms with E-state index in [9.17, 15) is 36.2 Å². The molecule has 2 fully saturated rings. The first-order valence-corrected chi connectivity index (χ1v) is 15.5. The second kappa shape index (κ2) is 13.2. The number of carbonyl (C=O) groups excluding carboxylic acids is 1. The third-order valence-corrected chi connectivity index (χ3v) is 8.79. The minimum absolute atomic E-state index is 0.0314. The summed E-state index contributed by atoms with van der Waals surface area (Å²) in [5.74, 6) is 0.673. The molecule has 2 aromatic carbocycles. The maximum Gasteiger partial charge on any atom is 0.430 e. The van der Waals surface area contributed by atoms with Gasteiger partial charge in [0.2, 0.25) is 5.91 Å². The average Bonchev–Trinajstić information content (AvgIpc) is 3.33. The number of hydrogen-bond acceptors (Lipinski definition) is 5. The van der Waals surface area contributed by atoms with Crippen LogP contribution in [-0.2, 0) is 22.4 Å². The Morgan fingerprint density at radius 1 is 1.04 bits per heavy atom. The summed E-state index contributed by atoms with van der Waals surface area (Å²) < 4.78 is 87.4. The highest BCUT2D eigenvalue weighted by Gasteiger charge is 2.71. The summed E-state index contributed by atoms with van der Waals surface area (Å²) in [4.78, 5) is 19.2. The number of aryl methyl sites for hydroxylation is 1. The van der Waals surface area contributed by atoms with Crippen LogP contribution in [0.5, 0.6) is 5.75 Å². The SMILES string of the molecule is CCCc1cc(C(O)(C(F)(F)F)C(F)(F)F)ccc1N1C[C@@H](C)N(C(=O)CN2C[N-][C@@](C)(c3cccc(OC(C)C)c3)C2)CC1C. The van der Waals surface area contributed by atoms with E-state index in [1.165, 1.54) is 6.07 Å². The number of amides is 1. The molecule has 46 heavy (non-hydrogen) atoms. The minimum Gasteiger partial charge on any atom is -0.640 e. The van der Waals surface area contributed by atoms with Crippen molar-refractivity contribution in [2.75, 3.05) is 37.7 Å². The highest BCUT2D eigenvalue weighted by atomic mass is 19.4. The van der Waals surface area contributed by atoms with E-state index in [0.29, 0.717) is 44.5 Å². The second-order valence-electron chi connectivity index (χ2n) is 13.0. The van der Waals surface area contributed by atoms with Crippen molar-refractivity contribution >= 4 is 11.6 Å². The molecule has 2 aliphatic heterocycles. The Morgan fingerprint density at radius 2 is 1.72 bits per heavy atom. The summed E-state index contributed by atoms with van der Waals surface area (Å²) in [7, 11) is 0. The highest BCUT2D eigenvalue weighted by Crippen LogP contribution is 2.50. The molecule has 3 atom stereocenters. The summed E-state index contributed by atoms with van der Waals surface area (Å²) in [6.45, 7) is 13.2. The molecule has 0 spiro atoms. The number of nitrogens with zero attached hydrogens (tertiary/aromatic N) is 4. The zero-order chi connectivity index (χ0) is 34.2. The number of anilines is 1. The first-order chi connectivity index (χ1) is 21.3. The number of piperazine rings is 1. The van der Waals surface area contributed by atoms with E-state index in [1.807, 2.05) is 68.7 Å². The van der Waals surface area contributed by atoms with Crippen molar-refractivity contribution in [2.45, 2.75) is 96.1 Å². The third-order valence-electron chi connectivity index (χ3n) is 8.79. The molecular weight excluding hydrogens is 614 g/mol. The zero-order valence-corrected chi connectivity index (χ0v) is 27.0. The Hall–Kier alpha value is -3.03. The van der Waals surface area contributed by atoms with Gasteiger partial charge in [-0.05, 0) is 64.4 Å². The normalized spacial score (nSPS) is 23.3. The van der Waals surface area contributed by atoms with Crippen molar-refractivity contribution < 1.29 is 41.0 Å². The van der Waals surface area contributed by atoms with Gasteiger partial charge >= 0.3 is 12.4 Å². The molecule has 0 saturated carbocycles. The van der Waals surface area contributed by atoms with E-state index in [2.05, 4.69) is 0 Å². The maximum absolute atomic E-state index is 13.6. The summed E-state index contributed by atoms with van der Waals surface area (Å²) in [6, 6.07) is 9.97. The Labute approximate surface area is 266 Å². The van der Waals surface area contributed by atoms with Gasteiger partial charge in [-0.2, -0.15) is 26.3 Å². The van der Waals surface area contributed by atoms with Gasteiger partial charge < -0.3 is 29.9 Å². The van der Waals surface area contributed by atoms with Crippen LogP contribution < -0.4 is 9.64 Å². The summed E-state index contributed by atoms with van der Waals surface area (Å²) >= 11 is 0. The van der Waals surface area contributed by atoms with E-state index in [4.69, 9.17) is 10.1 Å². The first-order valence-electron chi connectivity index (χ1n) is 15.5. The number of carbonyl (C=O) groups is 1. The van der Waals surface area contributed by atoms with Crippen LogP contribution >= 0.6 is 0 Å². The van der Waals surface area contributed by atoms with Gasteiger partial charge in [0.15, 0.2) is 0 Å². The summed E-state index contributed by atoms with van der Waals surface area (Å²) in [6.07, 6.45) is -11.2. The van der Waals surface area contributed by atoms with Crippen LogP contribution in [0.15, 0.2) is 42.5 Å². The van der Waals surface area contributed by atoms with Crippen LogP contribution in [-0.4, -0.2) is 84.2 Å². The van der Waals surface area contributed by atoms with Crippen LogP contribution in [0.2, 0.25) is 0 Å². The molecule has 1 N–H and O–H groups in total. The van der Waals surface area contributed by atoms with Gasteiger partial charge in [-0.1, -0.05) is 62.3 Å². The fourth-order valence-corrected chi connectivity index (χ4v) is 6.40. The lowest BCUT2D eigenvalue weighted by Gasteiger charge is -2.46. The Kier molecular flexibility index (Phi) is 10.3. The monoisotopic (exact) mass is 657 g/mol. The van der Waals surface area contributed by atoms with Crippen LogP contribution in [0.1, 0.15) is 64.7 Å². The quantitative estimate of drug-likeness (QED) is 0.303. The standard InChI is InChI=1S/C33H43F6N4O3/c1-7-9-24-14-26(31(45,32(34,35)36)33(37,38)39)12-13-28(24)42-16-23(5)43(17-22(42)4)29(44)18-41-19-30(6,40-20-41)25-10-8-11-27(15-25)46-21(2)3/h8,10-15,21-23,45H,7,9,16-20H2,1-6H3/q-1/t22?,23-,30-/m1/s1. The molecule has 2 aliphatic rings. The van der Waals surface area contributed by atoms with E-state index >= 15 is 0 Å². The van der Waals surface area contributed by atoms with Crippen LogP contribution in [0.4, 0.5) is 32.0 Å². The summed E-state index contributed by atoms with van der Waals surface area (Å²) in [5, 5.41) is 14.8. The number of benzene rings is 2. The largest absolute Gasteiger partial charge is 0.640 e. The molecule has 1 unspecified atom stereocenters. The van der Waals surface area contributed by atoms with Gasteiger partial charge in [-0.25, -0.2) is 0 Å². The number of rotatable bonds is 9. The fraction of sp³-hybridized carbons (Fsp3) is 0.606. The van der Waals surface area contributed by atoms with Crippen molar-refractivity contribution in [3.63, 3.8) is 0 Å². The molecule has 256 valence electrons. The van der Waals surface area contributed by atoms with Gasteiger partial charge in [0.1, 0.15) is 5.75 Å². The predicted octanol–water partition coefficient (Wildman–Crippen LogP) is 6.73. The molecule has 2 heterocycles. The lowest BCUT2D eigenvalue weighted by atomic mass is 9.89. The lowest BCUT2D eigenvalue weighted by Crippen LogP contribution is -2.59. The Bertz CT molecular complexity index is 1370. The van der Waals surface area contributed by atoms with Crippen molar-refractivity contribution in [1.82, 2.24) is 9.80 Å². The van der Waals surface area contributed by atoms with Crippen molar-refractivity contribution in [3.8, 4) is 5.75 Å².